The molecule has 2 heterocycles. The summed E-state index contributed by atoms with van der Waals surface area (Å²) in [5, 5.41) is 5.40. The molecule has 0 amide bonds. The van der Waals surface area contributed by atoms with Gasteiger partial charge in [0.25, 0.3) is 0 Å². The third kappa shape index (κ3) is 2.70. The van der Waals surface area contributed by atoms with E-state index in [1.165, 1.54) is 16.5 Å². The molecule has 0 bridgehead atoms. The molecule has 0 aliphatic carbocycles. The lowest BCUT2D eigenvalue weighted by Gasteiger charge is -2.16. The average Bonchev–Trinajstić information content (AvgIpc) is 2.84. The van der Waals surface area contributed by atoms with Crippen LogP contribution in [0.5, 0.6) is 0 Å². The number of pyridine rings is 1. The van der Waals surface area contributed by atoms with Crippen molar-refractivity contribution in [1.29, 1.82) is 0 Å². The van der Waals surface area contributed by atoms with Crippen molar-refractivity contribution in [1.82, 2.24) is 19.7 Å². The van der Waals surface area contributed by atoms with Crippen LogP contribution in [-0.4, -0.2) is 26.7 Å². The van der Waals surface area contributed by atoms with Crippen molar-refractivity contribution in [3.8, 4) is 0 Å². The van der Waals surface area contributed by atoms with Gasteiger partial charge in [-0.3, -0.25) is 14.6 Å². The molecule has 4 nitrogen and oxygen atoms in total. The SMILES string of the molecule is CN(Cc1cnn(C)c1)Cc1cccc2cccnc12. The highest BCUT2D eigenvalue weighted by Crippen LogP contribution is 2.17. The van der Waals surface area contributed by atoms with Gasteiger partial charge in [-0.2, -0.15) is 5.10 Å². The highest BCUT2D eigenvalue weighted by molar-refractivity contribution is 5.81. The average molecular weight is 266 g/mol. The van der Waals surface area contributed by atoms with E-state index in [4.69, 9.17) is 0 Å². The molecule has 3 aromatic rings. The second kappa shape index (κ2) is 5.43. The molecule has 4 heteroatoms. The number of fused-ring (bicyclic) bond motifs is 1. The van der Waals surface area contributed by atoms with Crippen LogP contribution in [0.3, 0.4) is 0 Å². The Morgan fingerprint density at radius 1 is 1.15 bits per heavy atom. The van der Waals surface area contributed by atoms with Gasteiger partial charge in [-0.1, -0.05) is 24.3 Å². The van der Waals surface area contributed by atoms with Gasteiger partial charge < -0.3 is 0 Å². The summed E-state index contributed by atoms with van der Waals surface area (Å²) in [5.74, 6) is 0. The number of aryl methyl sites for hydroxylation is 1. The maximum absolute atomic E-state index is 4.50. The Morgan fingerprint density at radius 2 is 2.00 bits per heavy atom. The number of hydrogen-bond acceptors (Lipinski definition) is 3. The zero-order valence-electron chi connectivity index (χ0n) is 11.8. The van der Waals surface area contributed by atoms with Crippen molar-refractivity contribution in [3.05, 3.63) is 60.0 Å². The third-order valence-electron chi connectivity index (χ3n) is 3.37. The summed E-state index contributed by atoms with van der Waals surface area (Å²) in [4.78, 5) is 6.78. The Kier molecular flexibility index (Phi) is 3.48. The summed E-state index contributed by atoms with van der Waals surface area (Å²) in [5.41, 5.74) is 3.57. The van der Waals surface area contributed by atoms with E-state index in [0.29, 0.717) is 0 Å². The molecule has 0 N–H and O–H groups in total. The maximum atomic E-state index is 4.50. The quantitative estimate of drug-likeness (QED) is 0.728. The fourth-order valence-electron chi connectivity index (χ4n) is 2.51. The van der Waals surface area contributed by atoms with Gasteiger partial charge in [-0.15, -0.1) is 0 Å². The Morgan fingerprint density at radius 3 is 2.80 bits per heavy atom. The van der Waals surface area contributed by atoms with Gasteiger partial charge in [0, 0.05) is 43.5 Å². The normalized spacial score (nSPS) is 11.3. The van der Waals surface area contributed by atoms with Crippen LogP contribution < -0.4 is 0 Å². The molecule has 0 aliphatic heterocycles. The van der Waals surface area contributed by atoms with Crippen LogP contribution in [0.25, 0.3) is 10.9 Å². The summed E-state index contributed by atoms with van der Waals surface area (Å²) in [6.45, 7) is 1.76. The van der Waals surface area contributed by atoms with Gasteiger partial charge in [-0.05, 0) is 18.7 Å². The molecular formula is C16H18N4. The van der Waals surface area contributed by atoms with Crippen molar-refractivity contribution < 1.29 is 0 Å². The summed E-state index contributed by atoms with van der Waals surface area (Å²) >= 11 is 0. The smallest absolute Gasteiger partial charge is 0.0746 e. The predicted molar refractivity (Wildman–Crippen MR) is 80.1 cm³/mol. The molecule has 2 aromatic heterocycles. The van der Waals surface area contributed by atoms with Crippen LogP contribution in [0.15, 0.2) is 48.9 Å². The van der Waals surface area contributed by atoms with Gasteiger partial charge >= 0.3 is 0 Å². The molecule has 20 heavy (non-hydrogen) atoms. The Labute approximate surface area is 118 Å². The molecule has 0 aliphatic rings. The van der Waals surface area contributed by atoms with Crippen LogP contribution in [0, 0.1) is 0 Å². The molecule has 102 valence electrons. The fourth-order valence-corrected chi connectivity index (χ4v) is 2.51. The third-order valence-corrected chi connectivity index (χ3v) is 3.37. The molecule has 0 saturated heterocycles. The van der Waals surface area contributed by atoms with E-state index in [-0.39, 0.29) is 0 Å². The number of hydrogen-bond donors (Lipinski definition) is 0. The zero-order chi connectivity index (χ0) is 13.9. The van der Waals surface area contributed by atoms with E-state index in [1.807, 2.05) is 30.2 Å². The fraction of sp³-hybridized carbons (Fsp3) is 0.250. The number of aromatic nitrogens is 3. The lowest BCUT2D eigenvalue weighted by atomic mass is 10.1. The molecular weight excluding hydrogens is 248 g/mol. The Bertz CT molecular complexity index is 712. The first kappa shape index (κ1) is 12.8. The monoisotopic (exact) mass is 266 g/mol. The Hall–Kier alpha value is -2.20. The standard InChI is InChI=1S/C16H18N4/c1-19(10-13-9-18-20(2)11-13)12-15-6-3-5-14-7-4-8-17-16(14)15/h3-9,11H,10,12H2,1-2H3. The van der Waals surface area contributed by atoms with Gasteiger partial charge in [0.15, 0.2) is 0 Å². The summed E-state index contributed by atoms with van der Waals surface area (Å²) < 4.78 is 1.84. The van der Waals surface area contributed by atoms with E-state index in [0.717, 1.165) is 18.6 Å². The van der Waals surface area contributed by atoms with Crippen LogP contribution in [0.2, 0.25) is 0 Å². The van der Waals surface area contributed by atoms with Crippen LogP contribution >= 0.6 is 0 Å². The minimum Gasteiger partial charge on any atom is -0.298 e. The number of benzene rings is 1. The van der Waals surface area contributed by atoms with Crippen molar-refractivity contribution in [2.24, 2.45) is 7.05 Å². The number of para-hydroxylation sites is 1. The molecule has 3 rings (SSSR count). The lowest BCUT2D eigenvalue weighted by Crippen LogP contribution is -2.17. The summed E-state index contributed by atoms with van der Waals surface area (Å²) in [6.07, 6.45) is 5.82. The van der Waals surface area contributed by atoms with E-state index in [1.54, 1.807) is 0 Å². The van der Waals surface area contributed by atoms with Gasteiger partial charge in [0.05, 0.1) is 11.7 Å². The molecule has 0 fully saturated rings. The highest BCUT2D eigenvalue weighted by Gasteiger charge is 2.07. The van der Waals surface area contributed by atoms with Crippen LogP contribution in [-0.2, 0) is 20.1 Å². The topological polar surface area (TPSA) is 34.0 Å². The first-order valence-electron chi connectivity index (χ1n) is 6.71. The van der Waals surface area contributed by atoms with E-state index in [9.17, 15) is 0 Å². The van der Waals surface area contributed by atoms with Crippen LogP contribution in [0.4, 0.5) is 0 Å². The first-order chi connectivity index (χ1) is 9.72. The summed E-state index contributed by atoms with van der Waals surface area (Å²) in [6, 6.07) is 10.4. The van der Waals surface area contributed by atoms with Gasteiger partial charge in [0.2, 0.25) is 0 Å². The minimum absolute atomic E-state index is 0.878. The van der Waals surface area contributed by atoms with Crippen molar-refractivity contribution in [3.63, 3.8) is 0 Å². The molecule has 0 unspecified atom stereocenters. The zero-order valence-corrected chi connectivity index (χ0v) is 11.8. The summed E-state index contributed by atoms with van der Waals surface area (Å²) in [7, 11) is 4.06. The van der Waals surface area contributed by atoms with E-state index in [2.05, 4.69) is 52.5 Å². The second-order valence-corrected chi connectivity index (χ2v) is 5.19. The van der Waals surface area contributed by atoms with Crippen LogP contribution in [0.1, 0.15) is 11.1 Å². The predicted octanol–water partition coefficient (Wildman–Crippen LogP) is 2.60. The molecule has 1 aromatic carbocycles. The van der Waals surface area contributed by atoms with Gasteiger partial charge in [-0.25, -0.2) is 0 Å². The van der Waals surface area contributed by atoms with Crippen molar-refractivity contribution in [2.45, 2.75) is 13.1 Å². The van der Waals surface area contributed by atoms with E-state index < -0.39 is 0 Å². The molecule has 0 radical (unpaired) electrons. The van der Waals surface area contributed by atoms with Gasteiger partial charge in [0.1, 0.15) is 0 Å². The first-order valence-corrected chi connectivity index (χ1v) is 6.71. The highest BCUT2D eigenvalue weighted by atomic mass is 15.2. The number of rotatable bonds is 4. The molecule has 0 spiro atoms. The lowest BCUT2D eigenvalue weighted by molar-refractivity contribution is 0.320. The van der Waals surface area contributed by atoms with E-state index >= 15 is 0 Å². The molecule has 0 atom stereocenters. The van der Waals surface area contributed by atoms with Crippen molar-refractivity contribution >= 4 is 10.9 Å². The number of nitrogens with zero attached hydrogens (tertiary/aromatic N) is 4. The largest absolute Gasteiger partial charge is 0.298 e. The minimum atomic E-state index is 0.878. The maximum Gasteiger partial charge on any atom is 0.0746 e. The second-order valence-electron chi connectivity index (χ2n) is 5.19. The van der Waals surface area contributed by atoms with Crippen molar-refractivity contribution in [2.75, 3.05) is 7.05 Å². The molecule has 0 saturated carbocycles. The Balaban J connectivity index is 1.79.